The molecule has 1 amide bonds. The number of piperidine rings is 1. The largest absolute Gasteiger partial charge is 0.354 e. The van der Waals surface area contributed by atoms with Crippen LogP contribution in [0.3, 0.4) is 0 Å². The fraction of sp³-hybridized carbons (Fsp3) is 0.250. The molecule has 3 aromatic carbocycles. The van der Waals surface area contributed by atoms with Gasteiger partial charge in [0, 0.05) is 17.8 Å². The number of rotatable bonds is 7. The zero-order chi connectivity index (χ0) is 25.1. The summed E-state index contributed by atoms with van der Waals surface area (Å²) in [6.45, 7) is 3.26. The van der Waals surface area contributed by atoms with Crippen LogP contribution in [0.1, 0.15) is 36.0 Å². The van der Waals surface area contributed by atoms with Crippen LogP contribution >= 0.6 is 0 Å². The Balaban J connectivity index is 1.47. The number of nitrogens with zero attached hydrogens (tertiary/aromatic N) is 1. The lowest BCUT2D eigenvalue weighted by molar-refractivity contribution is -0.110. The lowest BCUT2D eigenvalue weighted by Gasteiger charge is -2.26. The van der Waals surface area contributed by atoms with Crippen LogP contribution in [0.2, 0.25) is 0 Å². The third-order valence-corrected chi connectivity index (χ3v) is 7.06. The number of hydrogen-bond acceptors (Lipinski definition) is 5. The average molecular weight is 503 g/mol. The Kier molecular flexibility index (Phi) is 6.80. The van der Waals surface area contributed by atoms with Crippen LogP contribution < -0.4 is 15.4 Å². The van der Waals surface area contributed by atoms with Crippen LogP contribution in [0.4, 0.5) is 17.1 Å². The number of anilines is 3. The molecule has 0 unspecified atom stereocenters. The molecule has 2 heterocycles. The Labute approximate surface area is 212 Å². The molecule has 2 aliphatic rings. The summed E-state index contributed by atoms with van der Waals surface area (Å²) in [6.07, 6.45) is 4.95. The number of benzene rings is 3. The minimum absolute atomic E-state index is 0.241. The van der Waals surface area contributed by atoms with Crippen molar-refractivity contribution in [1.29, 1.82) is 0 Å². The predicted molar refractivity (Wildman–Crippen MR) is 146 cm³/mol. The highest BCUT2D eigenvalue weighted by Crippen LogP contribution is 2.39. The van der Waals surface area contributed by atoms with Crippen LogP contribution in [0, 0.1) is 0 Å². The molecular formula is C28H30N4O3S. The van der Waals surface area contributed by atoms with Gasteiger partial charge in [0.15, 0.2) is 0 Å². The van der Waals surface area contributed by atoms with E-state index < -0.39 is 10.0 Å². The third kappa shape index (κ3) is 5.61. The van der Waals surface area contributed by atoms with Crippen LogP contribution in [0.25, 0.3) is 11.3 Å². The van der Waals surface area contributed by atoms with Crippen molar-refractivity contribution >= 4 is 44.3 Å². The Morgan fingerprint density at radius 1 is 0.917 bits per heavy atom. The van der Waals surface area contributed by atoms with E-state index in [1.54, 1.807) is 18.2 Å². The summed E-state index contributed by atoms with van der Waals surface area (Å²) >= 11 is 0. The van der Waals surface area contributed by atoms with Crippen molar-refractivity contribution in [2.45, 2.75) is 25.8 Å². The van der Waals surface area contributed by atoms with E-state index in [0.29, 0.717) is 28.2 Å². The Hall–Kier alpha value is -3.62. The zero-order valence-electron chi connectivity index (χ0n) is 20.3. The molecule has 2 aliphatic heterocycles. The van der Waals surface area contributed by atoms with Crippen molar-refractivity contribution in [3.63, 3.8) is 0 Å². The molecule has 0 atom stereocenters. The highest BCUT2D eigenvalue weighted by molar-refractivity contribution is 7.92. The lowest BCUT2D eigenvalue weighted by Crippen LogP contribution is -2.29. The van der Waals surface area contributed by atoms with E-state index in [4.69, 9.17) is 0 Å². The van der Waals surface area contributed by atoms with Gasteiger partial charge in [-0.1, -0.05) is 48.9 Å². The van der Waals surface area contributed by atoms with E-state index in [9.17, 15) is 13.2 Å². The molecule has 36 heavy (non-hydrogen) atoms. The molecule has 0 radical (unpaired) electrons. The molecule has 1 saturated heterocycles. The van der Waals surface area contributed by atoms with Crippen molar-refractivity contribution in [3.05, 3.63) is 89.5 Å². The molecule has 3 aromatic rings. The minimum atomic E-state index is -3.42. The summed E-state index contributed by atoms with van der Waals surface area (Å²) in [5.74, 6) is -0.241. The molecule has 0 aromatic heterocycles. The van der Waals surface area contributed by atoms with Gasteiger partial charge in [0.25, 0.3) is 5.91 Å². The van der Waals surface area contributed by atoms with Crippen LogP contribution in [0.15, 0.2) is 72.8 Å². The van der Waals surface area contributed by atoms with Gasteiger partial charge in [-0.3, -0.25) is 14.4 Å². The second-order valence-electron chi connectivity index (χ2n) is 9.36. The number of carbonyl (C=O) groups excluding carboxylic acids is 1. The standard InChI is InChI=1S/C28H30N4O3S/c1-36(34,35)31-23-14-15-24-25(18-23)30-28(33)26(24)27(21-8-4-2-5-9-21)29-22-12-10-20(11-13-22)19-32-16-6-3-7-17-32/h2,4-5,8-15,18,29,31H,3,6-7,16-17,19H2,1H3,(H,30,33)/b27-26-. The monoisotopic (exact) mass is 502 g/mol. The first kappa shape index (κ1) is 24.1. The molecule has 186 valence electrons. The summed E-state index contributed by atoms with van der Waals surface area (Å²) in [7, 11) is -3.42. The number of sulfonamides is 1. The van der Waals surface area contributed by atoms with Crippen molar-refractivity contribution in [3.8, 4) is 0 Å². The summed E-state index contributed by atoms with van der Waals surface area (Å²) in [5, 5.41) is 6.37. The van der Waals surface area contributed by atoms with E-state index in [0.717, 1.165) is 37.1 Å². The fourth-order valence-electron chi connectivity index (χ4n) is 4.80. The molecule has 1 fully saturated rings. The first-order valence-electron chi connectivity index (χ1n) is 12.2. The summed E-state index contributed by atoms with van der Waals surface area (Å²) in [4.78, 5) is 15.7. The van der Waals surface area contributed by atoms with Gasteiger partial charge in [0.05, 0.1) is 28.9 Å². The van der Waals surface area contributed by atoms with Crippen molar-refractivity contribution in [2.24, 2.45) is 0 Å². The second-order valence-corrected chi connectivity index (χ2v) is 11.1. The van der Waals surface area contributed by atoms with Crippen LogP contribution in [-0.4, -0.2) is 38.6 Å². The van der Waals surface area contributed by atoms with Gasteiger partial charge in [-0.2, -0.15) is 0 Å². The minimum Gasteiger partial charge on any atom is -0.354 e. The number of carbonyl (C=O) groups is 1. The first-order chi connectivity index (χ1) is 17.4. The van der Waals surface area contributed by atoms with Gasteiger partial charge >= 0.3 is 0 Å². The maximum atomic E-state index is 13.2. The summed E-state index contributed by atoms with van der Waals surface area (Å²) in [6, 6.07) is 23.2. The maximum absolute atomic E-state index is 13.2. The molecule has 0 aliphatic carbocycles. The summed E-state index contributed by atoms with van der Waals surface area (Å²) in [5.41, 5.74) is 5.93. The molecule has 7 nitrogen and oxygen atoms in total. The smallest absolute Gasteiger partial charge is 0.258 e. The number of fused-ring (bicyclic) bond motifs is 1. The van der Waals surface area contributed by atoms with E-state index in [-0.39, 0.29) is 5.91 Å². The number of nitrogens with one attached hydrogen (secondary N) is 3. The molecule has 8 heteroatoms. The molecular weight excluding hydrogens is 472 g/mol. The predicted octanol–water partition coefficient (Wildman–Crippen LogP) is 4.98. The van der Waals surface area contributed by atoms with Gasteiger partial charge < -0.3 is 10.6 Å². The average Bonchev–Trinajstić information content (AvgIpc) is 3.18. The van der Waals surface area contributed by atoms with E-state index in [2.05, 4.69) is 44.5 Å². The van der Waals surface area contributed by atoms with E-state index >= 15 is 0 Å². The van der Waals surface area contributed by atoms with Gasteiger partial charge in [0.2, 0.25) is 10.0 Å². The number of amides is 1. The highest BCUT2D eigenvalue weighted by Gasteiger charge is 2.29. The summed E-state index contributed by atoms with van der Waals surface area (Å²) < 4.78 is 25.7. The second kappa shape index (κ2) is 10.2. The van der Waals surface area contributed by atoms with Gasteiger partial charge in [-0.25, -0.2) is 8.42 Å². The number of likely N-dealkylation sites (tertiary alicyclic amines) is 1. The van der Waals surface area contributed by atoms with Crippen molar-refractivity contribution in [2.75, 3.05) is 34.7 Å². The van der Waals surface area contributed by atoms with Crippen molar-refractivity contribution < 1.29 is 13.2 Å². The van der Waals surface area contributed by atoms with Crippen LogP contribution in [0.5, 0.6) is 0 Å². The molecule has 0 spiro atoms. The van der Waals surface area contributed by atoms with Gasteiger partial charge in [-0.05, 0) is 67.4 Å². The first-order valence-corrected chi connectivity index (χ1v) is 14.1. The SMILES string of the molecule is CS(=O)(=O)Nc1ccc2c(c1)NC(=O)/C2=C(\Nc1ccc(CN2CCCCC2)cc1)c1ccccc1. The molecule has 3 N–H and O–H groups in total. The fourth-order valence-corrected chi connectivity index (χ4v) is 5.35. The quantitative estimate of drug-likeness (QED) is 0.397. The highest BCUT2D eigenvalue weighted by atomic mass is 32.2. The van der Waals surface area contributed by atoms with Crippen molar-refractivity contribution in [1.82, 2.24) is 4.90 Å². The molecule has 0 saturated carbocycles. The topological polar surface area (TPSA) is 90.5 Å². The zero-order valence-corrected chi connectivity index (χ0v) is 21.1. The Morgan fingerprint density at radius 3 is 2.31 bits per heavy atom. The Morgan fingerprint density at radius 2 is 1.61 bits per heavy atom. The molecule has 0 bridgehead atoms. The van der Waals surface area contributed by atoms with Gasteiger partial charge in [0.1, 0.15) is 0 Å². The Bertz CT molecular complexity index is 1390. The van der Waals surface area contributed by atoms with Crippen LogP contribution in [-0.2, 0) is 21.4 Å². The molecule has 5 rings (SSSR count). The lowest BCUT2D eigenvalue weighted by atomic mass is 9.99. The normalized spacial score (nSPS) is 17.3. The third-order valence-electron chi connectivity index (χ3n) is 6.46. The van der Waals surface area contributed by atoms with Gasteiger partial charge in [-0.15, -0.1) is 0 Å². The maximum Gasteiger partial charge on any atom is 0.258 e. The van der Waals surface area contributed by atoms with E-state index in [1.807, 2.05) is 30.3 Å². The number of hydrogen-bond donors (Lipinski definition) is 3. The van der Waals surface area contributed by atoms with E-state index in [1.165, 1.54) is 24.8 Å².